The third-order valence-electron chi connectivity index (χ3n) is 5.69. The lowest BCUT2D eigenvalue weighted by Crippen LogP contribution is -2.01. The Morgan fingerprint density at radius 1 is 0.636 bits per heavy atom. The maximum atomic E-state index is 12.8. The van der Waals surface area contributed by atoms with Crippen molar-refractivity contribution in [2.24, 2.45) is 0 Å². The Morgan fingerprint density at radius 3 is 1.61 bits per heavy atom. The van der Waals surface area contributed by atoms with E-state index in [1.165, 1.54) is 0 Å². The van der Waals surface area contributed by atoms with E-state index in [9.17, 15) is 13.5 Å². The fraction of sp³-hybridized carbons (Fsp3) is 0.143. The first-order valence-electron chi connectivity index (χ1n) is 10.7. The number of hydrogen-bond acceptors (Lipinski definition) is 4. The second-order valence-corrected chi connectivity index (χ2v) is 10.2. The molecule has 0 unspecified atom stereocenters. The summed E-state index contributed by atoms with van der Waals surface area (Å²) in [5.41, 5.74) is 5.70. The van der Waals surface area contributed by atoms with Gasteiger partial charge in [0.25, 0.3) is 0 Å². The summed E-state index contributed by atoms with van der Waals surface area (Å²) in [5, 5.41) is 10.1. The first kappa shape index (κ1) is 22.6. The highest BCUT2D eigenvalue weighted by molar-refractivity contribution is 7.91. The van der Waals surface area contributed by atoms with Crippen LogP contribution in [0.3, 0.4) is 0 Å². The van der Waals surface area contributed by atoms with Crippen LogP contribution in [-0.4, -0.2) is 13.5 Å². The van der Waals surface area contributed by atoms with E-state index in [2.05, 4.69) is 12.1 Å². The molecule has 0 spiro atoms. The molecule has 5 heteroatoms. The second-order valence-electron chi connectivity index (χ2n) is 8.29. The summed E-state index contributed by atoms with van der Waals surface area (Å²) in [6.45, 7) is 7.76. The molecule has 33 heavy (non-hydrogen) atoms. The Bertz CT molecular complexity index is 1370. The molecule has 0 fully saturated rings. The summed E-state index contributed by atoms with van der Waals surface area (Å²) in [4.78, 5) is 0.489. The van der Waals surface area contributed by atoms with Gasteiger partial charge in [-0.05, 0) is 122 Å². The molecule has 0 aliphatic carbocycles. The highest BCUT2D eigenvalue weighted by atomic mass is 32.2. The fourth-order valence-electron chi connectivity index (χ4n) is 3.94. The zero-order chi connectivity index (χ0) is 23.8. The van der Waals surface area contributed by atoms with Gasteiger partial charge < -0.3 is 9.84 Å². The predicted octanol–water partition coefficient (Wildman–Crippen LogP) is 6.92. The molecule has 4 aromatic carbocycles. The van der Waals surface area contributed by atoms with Crippen molar-refractivity contribution in [1.82, 2.24) is 0 Å². The van der Waals surface area contributed by atoms with E-state index in [1.54, 1.807) is 54.6 Å². The van der Waals surface area contributed by atoms with E-state index in [-0.39, 0.29) is 9.79 Å². The predicted molar refractivity (Wildman–Crippen MR) is 131 cm³/mol. The van der Waals surface area contributed by atoms with Crippen LogP contribution < -0.4 is 4.74 Å². The number of phenolic OH excluding ortho intramolecular Hbond substituents is 1. The second kappa shape index (κ2) is 8.75. The number of hydrogen-bond donors (Lipinski definition) is 1. The van der Waals surface area contributed by atoms with E-state index >= 15 is 0 Å². The van der Waals surface area contributed by atoms with Gasteiger partial charge in [-0.3, -0.25) is 0 Å². The first-order chi connectivity index (χ1) is 15.7. The van der Waals surface area contributed by atoms with Gasteiger partial charge in [0.2, 0.25) is 9.84 Å². The van der Waals surface area contributed by atoms with Crippen molar-refractivity contribution in [3.05, 3.63) is 101 Å². The number of aromatic hydroxyl groups is 1. The Kier molecular flexibility index (Phi) is 6.00. The van der Waals surface area contributed by atoms with Gasteiger partial charge in [0.05, 0.1) is 9.79 Å². The van der Waals surface area contributed by atoms with Crippen molar-refractivity contribution < 1.29 is 18.3 Å². The number of sulfone groups is 1. The molecule has 0 radical (unpaired) electrons. The molecule has 0 heterocycles. The van der Waals surface area contributed by atoms with E-state index in [1.807, 2.05) is 39.8 Å². The van der Waals surface area contributed by atoms with Crippen molar-refractivity contribution in [3.63, 3.8) is 0 Å². The molecule has 168 valence electrons. The average molecular weight is 459 g/mol. The lowest BCUT2D eigenvalue weighted by atomic mass is 9.96. The standard InChI is InChI=1S/C28H26O4S/c1-18-14-22(15-19(2)27(18)29)23-16-20(3)28(21(4)17-23)32-24-10-12-26(13-11-24)33(30,31)25-8-6-5-7-9-25/h5-17,29H,1-4H3. The van der Waals surface area contributed by atoms with Crippen LogP contribution in [0.15, 0.2) is 88.7 Å². The van der Waals surface area contributed by atoms with Crippen LogP contribution in [0.25, 0.3) is 11.1 Å². The molecule has 0 aliphatic rings. The Morgan fingerprint density at radius 2 is 1.09 bits per heavy atom. The summed E-state index contributed by atoms with van der Waals surface area (Å²) in [6, 6.07) is 22.9. The first-order valence-corrected chi connectivity index (χ1v) is 12.1. The molecule has 4 aromatic rings. The van der Waals surface area contributed by atoms with Gasteiger partial charge in [-0.2, -0.15) is 0 Å². The number of phenols is 1. The maximum absolute atomic E-state index is 12.8. The lowest BCUT2D eigenvalue weighted by molar-refractivity contribution is 0.467. The SMILES string of the molecule is Cc1cc(-c2cc(C)c(Oc3ccc(S(=O)(=O)c4ccccc4)cc3)c(C)c2)cc(C)c1O. The number of rotatable bonds is 5. The van der Waals surface area contributed by atoms with Crippen molar-refractivity contribution in [2.75, 3.05) is 0 Å². The van der Waals surface area contributed by atoms with E-state index < -0.39 is 9.84 Å². The number of aryl methyl sites for hydroxylation is 4. The smallest absolute Gasteiger partial charge is 0.206 e. The van der Waals surface area contributed by atoms with Gasteiger partial charge in [-0.25, -0.2) is 8.42 Å². The summed E-state index contributed by atoms with van der Waals surface area (Å²) < 4.78 is 31.7. The highest BCUT2D eigenvalue weighted by Crippen LogP contribution is 2.36. The lowest BCUT2D eigenvalue weighted by Gasteiger charge is -2.15. The van der Waals surface area contributed by atoms with E-state index in [4.69, 9.17) is 4.74 Å². The average Bonchev–Trinajstić information content (AvgIpc) is 2.80. The summed E-state index contributed by atoms with van der Waals surface area (Å²) >= 11 is 0. The van der Waals surface area contributed by atoms with Gasteiger partial charge in [-0.15, -0.1) is 0 Å². The van der Waals surface area contributed by atoms with Crippen LogP contribution in [0.2, 0.25) is 0 Å². The van der Waals surface area contributed by atoms with Gasteiger partial charge in [0.15, 0.2) is 0 Å². The van der Waals surface area contributed by atoms with E-state index in [0.717, 1.165) is 39.1 Å². The molecule has 0 atom stereocenters. The van der Waals surface area contributed by atoms with Gasteiger partial charge in [-0.1, -0.05) is 18.2 Å². The van der Waals surface area contributed by atoms with Crippen molar-refractivity contribution in [3.8, 4) is 28.4 Å². The third-order valence-corrected chi connectivity index (χ3v) is 7.48. The third kappa shape index (κ3) is 4.50. The molecule has 0 aromatic heterocycles. The molecule has 0 aliphatic heterocycles. The van der Waals surface area contributed by atoms with E-state index in [0.29, 0.717) is 11.5 Å². The monoisotopic (exact) mass is 458 g/mol. The summed E-state index contributed by atoms with van der Waals surface area (Å²) in [7, 11) is -3.56. The number of ether oxygens (including phenoxy) is 1. The molecule has 1 N–H and O–H groups in total. The van der Waals surface area contributed by atoms with Gasteiger partial charge in [0.1, 0.15) is 17.2 Å². The van der Waals surface area contributed by atoms with Crippen molar-refractivity contribution in [1.29, 1.82) is 0 Å². The minimum absolute atomic E-state index is 0.225. The largest absolute Gasteiger partial charge is 0.507 e. The molecule has 0 bridgehead atoms. The number of benzene rings is 4. The molecule has 4 rings (SSSR count). The molecule has 4 nitrogen and oxygen atoms in total. The zero-order valence-corrected chi connectivity index (χ0v) is 19.9. The summed E-state index contributed by atoms with van der Waals surface area (Å²) in [6.07, 6.45) is 0. The van der Waals surface area contributed by atoms with Crippen molar-refractivity contribution >= 4 is 9.84 Å². The Labute approximate surface area is 195 Å². The normalized spacial score (nSPS) is 11.4. The molecular weight excluding hydrogens is 432 g/mol. The maximum Gasteiger partial charge on any atom is 0.206 e. The zero-order valence-electron chi connectivity index (χ0n) is 19.1. The van der Waals surface area contributed by atoms with Gasteiger partial charge in [0, 0.05) is 0 Å². The molecule has 0 saturated heterocycles. The highest BCUT2D eigenvalue weighted by Gasteiger charge is 2.17. The van der Waals surface area contributed by atoms with Gasteiger partial charge >= 0.3 is 0 Å². The van der Waals surface area contributed by atoms with Crippen LogP contribution in [-0.2, 0) is 9.84 Å². The summed E-state index contributed by atoms with van der Waals surface area (Å²) in [5.74, 6) is 1.63. The minimum Gasteiger partial charge on any atom is -0.507 e. The van der Waals surface area contributed by atoms with Crippen LogP contribution in [0.4, 0.5) is 0 Å². The fourth-order valence-corrected chi connectivity index (χ4v) is 5.22. The van der Waals surface area contributed by atoms with Crippen LogP contribution in [0.5, 0.6) is 17.2 Å². The molecule has 0 saturated carbocycles. The minimum atomic E-state index is -3.56. The van der Waals surface area contributed by atoms with Crippen LogP contribution in [0, 0.1) is 27.7 Å². The Balaban J connectivity index is 1.61. The quantitative estimate of drug-likeness (QED) is 0.353. The van der Waals surface area contributed by atoms with Crippen LogP contribution >= 0.6 is 0 Å². The molecule has 0 amide bonds. The Hall–Kier alpha value is -3.57. The van der Waals surface area contributed by atoms with Crippen molar-refractivity contribution in [2.45, 2.75) is 37.5 Å². The molecular formula is C28H26O4S. The topological polar surface area (TPSA) is 63.6 Å². The van der Waals surface area contributed by atoms with Crippen LogP contribution in [0.1, 0.15) is 22.3 Å².